The number of pyridine rings is 1. The van der Waals surface area contributed by atoms with Crippen LogP contribution < -0.4 is 5.73 Å². The summed E-state index contributed by atoms with van der Waals surface area (Å²) in [4.78, 5) is 18.1. The fourth-order valence-corrected chi connectivity index (χ4v) is 3.59. The van der Waals surface area contributed by atoms with Crippen LogP contribution in [0.2, 0.25) is 0 Å². The Morgan fingerprint density at radius 1 is 1.33 bits per heavy atom. The summed E-state index contributed by atoms with van der Waals surface area (Å²) in [6.45, 7) is 11.7. The van der Waals surface area contributed by atoms with E-state index >= 15 is 0 Å². The minimum atomic E-state index is -0.535. The lowest BCUT2D eigenvalue weighted by Crippen LogP contribution is -2.23. The first-order chi connectivity index (χ1) is 9.65. The highest BCUT2D eigenvalue weighted by Gasteiger charge is 2.25. The van der Waals surface area contributed by atoms with Crippen molar-refractivity contribution >= 4 is 33.2 Å². The van der Waals surface area contributed by atoms with Gasteiger partial charge in [-0.2, -0.15) is 0 Å². The Balaban J connectivity index is 2.62. The van der Waals surface area contributed by atoms with Gasteiger partial charge >= 0.3 is 5.97 Å². The predicted octanol–water partition coefficient (Wildman–Crippen LogP) is 4.01. The summed E-state index contributed by atoms with van der Waals surface area (Å²) < 4.78 is 5.42. The third-order valence-corrected chi connectivity index (χ3v) is 4.48. The molecule has 0 saturated heterocycles. The van der Waals surface area contributed by atoms with Crippen molar-refractivity contribution in [2.24, 2.45) is 0 Å². The molecule has 0 radical (unpaired) electrons. The number of fused-ring (bicyclic) bond motifs is 1. The average Bonchev–Trinajstić information content (AvgIpc) is 2.65. The number of ether oxygens (including phenoxy) is 1. The van der Waals surface area contributed by atoms with Gasteiger partial charge in [0.05, 0.1) is 5.69 Å². The number of nitrogen functional groups attached to an aromatic ring is 1. The second-order valence-corrected chi connectivity index (χ2v) is 7.18. The first-order valence-corrected chi connectivity index (χ1v) is 7.88. The summed E-state index contributed by atoms with van der Waals surface area (Å²) in [5.74, 6) is -0.377. The highest BCUT2D eigenvalue weighted by atomic mass is 32.1. The maximum absolute atomic E-state index is 12.3. The van der Waals surface area contributed by atoms with E-state index in [1.165, 1.54) is 16.9 Å². The first kappa shape index (κ1) is 15.8. The fourth-order valence-electron chi connectivity index (χ4n) is 2.51. The van der Waals surface area contributed by atoms with Crippen LogP contribution in [0.4, 0.5) is 5.69 Å². The third-order valence-electron chi connectivity index (χ3n) is 3.40. The van der Waals surface area contributed by atoms with Crippen molar-refractivity contribution in [3.05, 3.63) is 21.7 Å². The maximum atomic E-state index is 12.3. The van der Waals surface area contributed by atoms with E-state index in [4.69, 9.17) is 10.5 Å². The number of rotatable bonds is 2. The van der Waals surface area contributed by atoms with Gasteiger partial charge in [0.15, 0.2) is 0 Å². The molecule has 2 N–H and O–H groups in total. The van der Waals surface area contributed by atoms with Crippen molar-refractivity contribution in [1.29, 1.82) is 0 Å². The Kier molecular flexibility index (Phi) is 3.97. The minimum Gasteiger partial charge on any atom is -0.456 e. The molecule has 0 fully saturated rings. The van der Waals surface area contributed by atoms with Crippen molar-refractivity contribution < 1.29 is 9.53 Å². The number of hydrogen-bond donors (Lipinski definition) is 1. The van der Waals surface area contributed by atoms with Crippen LogP contribution in [0.15, 0.2) is 0 Å². The zero-order chi connectivity index (χ0) is 15.9. The SMILES string of the molecule is CCc1c(C)nc2sc(C(=O)OC(C)(C)C)c(N)c2c1C. The fraction of sp³-hybridized carbons (Fsp3) is 0.500. The molecule has 0 aliphatic carbocycles. The van der Waals surface area contributed by atoms with Gasteiger partial charge in [0, 0.05) is 11.1 Å². The monoisotopic (exact) mass is 306 g/mol. The number of carbonyl (C=O) groups is 1. The van der Waals surface area contributed by atoms with Crippen LogP contribution in [0.5, 0.6) is 0 Å². The molecule has 0 atom stereocenters. The van der Waals surface area contributed by atoms with Gasteiger partial charge in [0.1, 0.15) is 15.3 Å². The second kappa shape index (κ2) is 5.30. The Morgan fingerprint density at radius 2 is 1.95 bits per heavy atom. The molecule has 0 amide bonds. The lowest BCUT2D eigenvalue weighted by molar-refractivity contribution is 0.00765. The zero-order valence-corrected chi connectivity index (χ0v) is 14.3. The molecule has 0 saturated carbocycles. The molecule has 2 rings (SSSR count). The molecule has 114 valence electrons. The van der Waals surface area contributed by atoms with Crippen LogP contribution in [-0.2, 0) is 11.2 Å². The van der Waals surface area contributed by atoms with E-state index in [0.29, 0.717) is 10.6 Å². The molecule has 0 bridgehead atoms. The normalized spacial score (nSPS) is 11.9. The minimum absolute atomic E-state index is 0.377. The number of hydrogen-bond acceptors (Lipinski definition) is 5. The highest BCUT2D eigenvalue weighted by Crippen LogP contribution is 2.37. The molecule has 0 aliphatic rings. The maximum Gasteiger partial charge on any atom is 0.351 e. The molecule has 21 heavy (non-hydrogen) atoms. The molecular formula is C16H22N2O2S. The van der Waals surface area contributed by atoms with Gasteiger partial charge in [-0.25, -0.2) is 9.78 Å². The highest BCUT2D eigenvalue weighted by molar-refractivity contribution is 7.21. The molecular weight excluding hydrogens is 284 g/mol. The summed E-state index contributed by atoms with van der Waals surface area (Å²) in [7, 11) is 0. The van der Waals surface area contributed by atoms with Crippen molar-refractivity contribution in [2.75, 3.05) is 5.73 Å². The summed E-state index contributed by atoms with van der Waals surface area (Å²) >= 11 is 1.31. The van der Waals surface area contributed by atoms with E-state index in [2.05, 4.69) is 11.9 Å². The van der Waals surface area contributed by atoms with Gasteiger partial charge in [-0.3, -0.25) is 0 Å². The molecule has 0 unspecified atom stereocenters. The van der Waals surface area contributed by atoms with Crippen LogP contribution in [0.1, 0.15) is 54.2 Å². The molecule has 0 aromatic carbocycles. The number of anilines is 1. The smallest absolute Gasteiger partial charge is 0.351 e. The van der Waals surface area contributed by atoms with E-state index in [1.54, 1.807) is 0 Å². The number of nitrogens with two attached hydrogens (primary N) is 1. The van der Waals surface area contributed by atoms with Crippen molar-refractivity contribution in [3.8, 4) is 0 Å². The lowest BCUT2D eigenvalue weighted by atomic mass is 10.0. The third kappa shape index (κ3) is 2.88. The number of aromatic nitrogens is 1. The summed E-state index contributed by atoms with van der Waals surface area (Å²) in [5, 5.41) is 0.892. The van der Waals surface area contributed by atoms with Gasteiger partial charge in [-0.15, -0.1) is 11.3 Å². The largest absolute Gasteiger partial charge is 0.456 e. The molecule has 4 nitrogen and oxygen atoms in total. The van der Waals surface area contributed by atoms with E-state index in [0.717, 1.165) is 27.9 Å². The first-order valence-electron chi connectivity index (χ1n) is 7.07. The molecule has 2 aromatic rings. The van der Waals surface area contributed by atoms with Crippen LogP contribution in [-0.4, -0.2) is 16.6 Å². The number of carbonyl (C=O) groups excluding carboxylic acids is 1. The van der Waals surface area contributed by atoms with E-state index in [1.807, 2.05) is 34.6 Å². The molecule has 2 aromatic heterocycles. The van der Waals surface area contributed by atoms with Gasteiger partial charge < -0.3 is 10.5 Å². The van der Waals surface area contributed by atoms with Crippen LogP contribution in [0.3, 0.4) is 0 Å². The molecule has 0 spiro atoms. The summed E-state index contributed by atoms with van der Waals surface area (Å²) in [6.07, 6.45) is 0.900. The molecule has 0 aliphatic heterocycles. The quantitative estimate of drug-likeness (QED) is 0.851. The Bertz CT molecular complexity index is 711. The number of esters is 1. The molecule has 2 heterocycles. The van der Waals surface area contributed by atoms with Gasteiger partial charge in [-0.1, -0.05) is 6.92 Å². The predicted molar refractivity (Wildman–Crippen MR) is 88.1 cm³/mol. The number of nitrogens with zero attached hydrogens (tertiary/aromatic N) is 1. The van der Waals surface area contributed by atoms with Crippen molar-refractivity contribution in [1.82, 2.24) is 4.98 Å². The summed E-state index contributed by atoms with van der Waals surface area (Å²) in [5.41, 5.74) is 9.47. The Hall–Kier alpha value is -1.62. The van der Waals surface area contributed by atoms with Crippen molar-refractivity contribution in [2.45, 2.75) is 53.6 Å². The van der Waals surface area contributed by atoms with Crippen LogP contribution in [0.25, 0.3) is 10.2 Å². The van der Waals surface area contributed by atoms with E-state index in [-0.39, 0.29) is 5.97 Å². The summed E-state index contributed by atoms with van der Waals surface area (Å²) in [6, 6.07) is 0. The number of thiophene rings is 1. The zero-order valence-electron chi connectivity index (χ0n) is 13.5. The average molecular weight is 306 g/mol. The Labute approximate surface area is 129 Å². The van der Waals surface area contributed by atoms with Gasteiger partial charge in [-0.05, 0) is 52.2 Å². The van der Waals surface area contributed by atoms with Crippen LogP contribution in [0, 0.1) is 13.8 Å². The number of aryl methyl sites for hydroxylation is 2. The van der Waals surface area contributed by atoms with Gasteiger partial charge in [0.2, 0.25) is 0 Å². The topological polar surface area (TPSA) is 65.2 Å². The molecule has 5 heteroatoms. The Morgan fingerprint density at radius 3 is 2.48 bits per heavy atom. The van der Waals surface area contributed by atoms with E-state index in [9.17, 15) is 4.79 Å². The lowest BCUT2D eigenvalue weighted by Gasteiger charge is -2.18. The van der Waals surface area contributed by atoms with E-state index < -0.39 is 5.60 Å². The standard InChI is InChI=1S/C16H22N2O2S/c1-7-10-8(2)11-12(17)13(15(19)20-16(4,5)6)21-14(11)18-9(10)3/h7,17H2,1-6H3. The van der Waals surface area contributed by atoms with Gasteiger partial charge in [0.25, 0.3) is 0 Å². The van der Waals surface area contributed by atoms with Crippen molar-refractivity contribution in [3.63, 3.8) is 0 Å². The van der Waals surface area contributed by atoms with Crippen LogP contribution >= 0.6 is 11.3 Å². The second-order valence-electron chi connectivity index (χ2n) is 6.18.